The molecular weight excluding hydrogens is 330 g/mol. The minimum absolute atomic E-state index is 0.153. The Bertz CT molecular complexity index is 516. The highest BCUT2D eigenvalue weighted by atomic mass is 79.9. The summed E-state index contributed by atoms with van der Waals surface area (Å²) in [5.41, 5.74) is 8.16. The molecule has 0 unspecified atom stereocenters. The number of amidine groups is 1. The highest BCUT2D eigenvalue weighted by Crippen LogP contribution is 2.40. The Balaban J connectivity index is 2.27. The molecule has 1 aliphatic rings. The number of nitrogens with zero attached hydrogens (tertiary/aromatic N) is 2. The molecule has 1 aromatic carbocycles. The quantitative estimate of drug-likeness (QED) is 0.372. The maximum absolute atomic E-state index is 9.02. The fraction of sp³-hybridized carbons (Fsp3) is 0.562. The van der Waals surface area contributed by atoms with Gasteiger partial charge in [0.2, 0.25) is 0 Å². The molecule has 0 aliphatic carbocycles. The molecule has 0 bridgehead atoms. The number of rotatable bonds is 4. The lowest BCUT2D eigenvalue weighted by atomic mass is 9.74. The highest BCUT2D eigenvalue weighted by molar-refractivity contribution is 9.10. The minimum Gasteiger partial charge on any atom is -0.409 e. The number of hydrogen-bond donors (Lipinski definition) is 2. The van der Waals surface area contributed by atoms with Crippen molar-refractivity contribution in [3.05, 3.63) is 28.2 Å². The van der Waals surface area contributed by atoms with Crippen LogP contribution in [0.3, 0.4) is 0 Å². The zero-order valence-corrected chi connectivity index (χ0v) is 14.4. The van der Waals surface area contributed by atoms with Crippen molar-refractivity contribution in [3.8, 4) is 0 Å². The van der Waals surface area contributed by atoms with Gasteiger partial charge in [-0.15, -0.1) is 0 Å². The summed E-state index contributed by atoms with van der Waals surface area (Å²) in [5, 5.41) is 12.2. The number of halogens is 1. The van der Waals surface area contributed by atoms with E-state index >= 15 is 0 Å². The Morgan fingerprint density at radius 3 is 2.48 bits per heavy atom. The third kappa shape index (κ3) is 3.18. The van der Waals surface area contributed by atoms with Gasteiger partial charge in [0.05, 0.1) is 5.56 Å². The first kappa shape index (κ1) is 16.1. The zero-order chi connectivity index (χ0) is 15.5. The fourth-order valence-corrected chi connectivity index (χ4v) is 3.82. The van der Waals surface area contributed by atoms with E-state index in [1.54, 1.807) is 0 Å². The normalized spacial score (nSPS) is 18.8. The molecule has 21 heavy (non-hydrogen) atoms. The highest BCUT2D eigenvalue weighted by Gasteiger charge is 2.32. The summed E-state index contributed by atoms with van der Waals surface area (Å²) < 4.78 is 0.859. The molecule has 2 rings (SSSR count). The van der Waals surface area contributed by atoms with E-state index in [2.05, 4.69) is 39.8 Å². The van der Waals surface area contributed by atoms with Gasteiger partial charge in [0.25, 0.3) is 0 Å². The van der Waals surface area contributed by atoms with Gasteiger partial charge in [0.15, 0.2) is 5.84 Å². The molecule has 3 N–H and O–H groups in total. The van der Waals surface area contributed by atoms with Gasteiger partial charge in [-0.3, -0.25) is 0 Å². The lowest BCUT2D eigenvalue weighted by Gasteiger charge is -2.42. The second kappa shape index (κ2) is 6.69. The fourth-order valence-electron chi connectivity index (χ4n) is 3.26. The Morgan fingerprint density at radius 1 is 1.33 bits per heavy atom. The molecule has 116 valence electrons. The molecule has 0 saturated carbocycles. The maximum Gasteiger partial charge on any atom is 0.173 e. The predicted octanol–water partition coefficient (Wildman–Crippen LogP) is 3.95. The molecule has 1 heterocycles. The average Bonchev–Trinajstić information content (AvgIpc) is 2.54. The number of piperidine rings is 1. The Kier molecular flexibility index (Phi) is 5.14. The summed E-state index contributed by atoms with van der Waals surface area (Å²) in [7, 11) is 0. The molecule has 5 heteroatoms. The Morgan fingerprint density at radius 2 is 1.95 bits per heavy atom. The van der Waals surface area contributed by atoms with Crippen LogP contribution in [0.4, 0.5) is 5.69 Å². The van der Waals surface area contributed by atoms with E-state index < -0.39 is 0 Å². The van der Waals surface area contributed by atoms with Crippen molar-refractivity contribution in [2.75, 3.05) is 18.0 Å². The molecule has 0 aromatic heterocycles. The lowest BCUT2D eigenvalue weighted by molar-refractivity contribution is 0.199. The molecular formula is C16H24BrN3O. The van der Waals surface area contributed by atoms with Crippen LogP contribution in [0.15, 0.2) is 27.8 Å². The molecule has 1 aromatic rings. The van der Waals surface area contributed by atoms with Crippen LogP contribution >= 0.6 is 15.9 Å². The largest absolute Gasteiger partial charge is 0.409 e. The molecule has 1 saturated heterocycles. The molecule has 1 aliphatic heterocycles. The monoisotopic (exact) mass is 353 g/mol. The number of benzene rings is 1. The van der Waals surface area contributed by atoms with E-state index in [0.717, 1.165) is 28.8 Å². The van der Waals surface area contributed by atoms with Crippen molar-refractivity contribution >= 4 is 27.5 Å². The van der Waals surface area contributed by atoms with Gasteiger partial charge in [-0.25, -0.2) is 0 Å². The number of nitrogens with two attached hydrogens (primary N) is 1. The molecule has 0 radical (unpaired) electrons. The van der Waals surface area contributed by atoms with E-state index in [1.807, 2.05) is 18.2 Å². The smallest absolute Gasteiger partial charge is 0.173 e. The van der Waals surface area contributed by atoms with Crippen LogP contribution in [0.1, 0.15) is 45.1 Å². The van der Waals surface area contributed by atoms with Gasteiger partial charge < -0.3 is 15.8 Å². The maximum atomic E-state index is 9.02. The predicted molar refractivity (Wildman–Crippen MR) is 91.1 cm³/mol. The van der Waals surface area contributed by atoms with Crippen LogP contribution in [-0.2, 0) is 0 Å². The topological polar surface area (TPSA) is 61.8 Å². The Hall–Kier alpha value is -1.23. The van der Waals surface area contributed by atoms with Crippen molar-refractivity contribution in [1.29, 1.82) is 0 Å². The van der Waals surface area contributed by atoms with Crippen LogP contribution in [-0.4, -0.2) is 24.1 Å². The van der Waals surface area contributed by atoms with Gasteiger partial charge in [-0.2, -0.15) is 0 Å². The van der Waals surface area contributed by atoms with Gasteiger partial charge in [-0.05, 0) is 46.3 Å². The van der Waals surface area contributed by atoms with Crippen LogP contribution in [0.25, 0.3) is 0 Å². The first-order chi connectivity index (χ1) is 10.1. The van der Waals surface area contributed by atoms with E-state index in [0.29, 0.717) is 5.41 Å². The van der Waals surface area contributed by atoms with Crippen molar-refractivity contribution in [2.45, 2.75) is 39.5 Å². The van der Waals surface area contributed by atoms with Gasteiger partial charge in [0.1, 0.15) is 0 Å². The van der Waals surface area contributed by atoms with Crippen molar-refractivity contribution in [2.24, 2.45) is 16.3 Å². The summed E-state index contributed by atoms with van der Waals surface area (Å²) in [6, 6.07) is 5.96. The van der Waals surface area contributed by atoms with Crippen LogP contribution in [0.2, 0.25) is 0 Å². The molecule has 4 nitrogen and oxygen atoms in total. The number of oxime groups is 1. The minimum atomic E-state index is 0.153. The third-order valence-corrected chi connectivity index (χ3v) is 5.68. The summed E-state index contributed by atoms with van der Waals surface area (Å²) >= 11 is 3.51. The third-order valence-electron chi connectivity index (χ3n) is 5.02. The second-order valence-electron chi connectivity index (χ2n) is 5.81. The second-order valence-corrected chi connectivity index (χ2v) is 6.67. The molecule has 0 spiro atoms. The SMILES string of the molecule is CCC1(CC)CCN(c2cccc(Br)c2/C(N)=N/O)CC1. The average molecular weight is 354 g/mol. The van der Waals surface area contributed by atoms with Gasteiger partial charge in [0, 0.05) is 23.2 Å². The van der Waals surface area contributed by atoms with Gasteiger partial charge in [-0.1, -0.05) is 37.9 Å². The van der Waals surface area contributed by atoms with Crippen LogP contribution in [0.5, 0.6) is 0 Å². The van der Waals surface area contributed by atoms with Crippen LogP contribution < -0.4 is 10.6 Å². The summed E-state index contributed by atoms with van der Waals surface area (Å²) in [6.07, 6.45) is 4.87. The number of hydrogen-bond acceptors (Lipinski definition) is 3. The first-order valence-electron chi connectivity index (χ1n) is 7.58. The van der Waals surface area contributed by atoms with E-state index in [-0.39, 0.29) is 5.84 Å². The van der Waals surface area contributed by atoms with Crippen molar-refractivity contribution in [3.63, 3.8) is 0 Å². The lowest BCUT2D eigenvalue weighted by Crippen LogP contribution is -2.40. The summed E-state index contributed by atoms with van der Waals surface area (Å²) in [6.45, 7) is 6.62. The summed E-state index contributed by atoms with van der Waals surface area (Å²) in [5.74, 6) is 0.153. The van der Waals surface area contributed by atoms with E-state index in [4.69, 9.17) is 10.9 Å². The molecule has 1 fully saturated rings. The summed E-state index contributed by atoms with van der Waals surface area (Å²) in [4.78, 5) is 2.35. The van der Waals surface area contributed by atoms with Crippen molar-refractivity contribution < 1.29 is 5.21 Å². The molecule has 0 amide bonds. The van der Waals surface area contributed by atoms with E-state index in [1.165, 1.54) is 25.7 Å². The zero-order valence-electron chi connectivity index (χ0n) is 12.8. The van der Waals surface area contributed by atoms with Crippen LogP contribution in [0, 0.1) is 5.41 Å². The van der Waals surface area contributed by atoms with E-state index in [9.17, 15) is 0 Å². The number of anilines is 1. The van der Waals surface area contributed by atoms with Gasteiger partial charge >= 0.3 is 0 Å². The van der Waals surface area contributed by atoms with Crippen molar-refractivity contribution in [1.82, 2.24) is 0 Å². The first-order valence-corrected chi connectivity index (χ1v) is 8.37. The Labute approximate surface area is 135 Å². The standard InChI is InChI=1S/C16H24BrN3O/c1-3-16(4-2)8-10-20(11-9-16)13-7-5-6-12(17)14(13)15(18)19-21/h5-7,21H,3-4,8-11H2,1-2H3,(H2,18,19). The molecule has 0 atom stereocenters.